The van der Waals surface area contributed by atoms with Crippen LogP contribution in [0.25, 0.3) is 0 Å². The molecule has 0 aromatic rings. The second kappa shape index (κ2) is 5.68. The van der Waals surface area contributed by atoms with E-state index >= 15 is 0 Å². The number of nitrogens with two attached hydrogens (primary N) is 1. The number of hydrogen-bond acceptors (Lipinski definition) is 3. The van der Waals surface area contributed by atoms with Gasteiger partial charge in [-0.2, -0.15) is 0 Å². The van der Waals surface area contributed by atoms with Gasteiger partial charge < -0.3 is 4.74 Å². The number of methoxy groups -OCH3 is 1. The maximum Gasteiger partial charge on any atom is 0.0844 e. The quantitative estimate of drug-likeness (QED) is 0.575. The van der Waals surface area contributed by atoms with Gasteiger partial charge in [-0.3, -0.25) is 11.3 Å². The lowest BCUT2D eigenvalue weighted by atomic mass is 9.67. The molecule has 0 amide bonds. The van der Waals surface area contributed by atoms with Crippen LogP contribution in [0.5, 0.6) is 0 Å². The molecule has 0 radical (unpaired) electrons. The van der Waals surface area contributed by atoms with E-state index in [0.717, 1.165) is 19.3 Å². The third-order valence-electron chi connectivity index (χ3n) is 4.40. The van der Waals surface area contributed by atoms with Gasteiger partial charge in [0, 0.05) is 7.11 Å². The largest absolute Gasteiger partial charge is 0.377 e. The van der Waals surface area contributed by atoms with Crippen molar-refractivity contribution in [1.29, 1.82) is 0 Å². The maximum atomic E-state index is 5.88. The zero-order valence-electron chi connectivity index (χ0n) is 12.2. The normalized spacial score (nSPS) is 24.9. The van der Waals surface area contributed by atoms with Gasteiger partial charge in [-0.25, -0.2) is 0 Å². The first-order chi connectivity index (χ1) is 7.85. The van der Waals surface area contributed by atoms with Crippen LogP contribution in [-0.4, -0.2) is 18.8 Å². The Balaban J connectivity index is 2.74. The van der Waals surface area contributed by atoms with Crippen molar-refractivity contribution >= 4 is 0 Å². The molecule has 1 fully saturated rings. The van der Waals surface area contributed by atoms with E-state index in [-0.39, 0.29) is 11.6 Å². The van der Waals surface area contributed by atoms with Crippen molar-refractivity contribution in [3.05, 3.63) is 0 Å². The van der Waals surface area contributed by atoms with Crippen LogP contribution in [0, 0.1) is 11.3 Å². The molecule has 1 saturated carbocycles. The molecule has 3 heteroatoms. The van der Waals surface area contributed by atoms with E-state index in [1.807, 2.05) is 7.11 Å². The smallest absolute Gasteiger partial charge is 0.0844 e. The zero-order valence-corrected chi connectivity index (χ0v) is 12.2. The van der Waals surface area contributed by atoms with E-state index in [9.17, 15) is 0 Å². The molecular weight excluding hydrogens is 212 g/mol. The standard InChI is InChI=1S/C14H30N2O/c1-11(2)10-12(16-15)14(17-5)8-6-13(3,4)7-9-14/h11-12,16H,6-10,15H2,1-5H3. The van der Waals surface area contributed by atoms with E-state index in [4.69, 9.17) is 10.6 Å². The second-order valence-electron chi connectivity index (χ2n) is 6.78. The lowest BCUT2D eigenvalue weighted by Gasteiger charge is -2.47. The molecule has 1 aliphatic carbocycles. The number of hydrogen-bond donors (Lipinski definition) is 2. The highest BCUT2D eigenvalue weighted by molar-refractivity contribution is 4.98. The van der Waals surface area contributed by atoms with E-state index < -0.39 is 0 Å². The Hall–Kier alpha value is -0.120. The van der Waals surface area contributed by atoms with Crippen molar-refractivity contribution in [2.75, 3.05) is 7.11 Å². The van der Waals surface area contributed by atoms with Crippen molar-refractivity contribution in [3.63, 3.8) is 0 Å². The summed E-state index contributed by atoms with van der Waals surface area (Å²) >= 11 is 0. The van der Waals surface area contributed by atoms with Gasteiger partial charge in [-0.15, -0.1) is 0 Å². The fraction of sp³-hybridized carbons (Fsp3) is 1.00. The minimum atomic E-state index is -0.0610. The van der Waals surface area contributed by atoms with Crippen molar-refractivity contribution < 1.29 is 4.74 Å². The highest BCUT2D eigenvalue weighted by Gasteiger charge is 2.43. The molecule has 3 nitrogen and oxygen atoms in total. The van der Waals surface area contributed by atoms with Gasteiger partial charge in [0.15, 0.2) is 0 Å². The van der Waals surface area contributed by atoms with E-state index in [2.05, 4.69) is 33.1 Å². The van der Waals surface area contributed by atoms with Crippen molar-refractivity contribution in [2.24, 2.45) is 17.2 Å². The molecule has 3 N–H and O–H groups in total. The summed E-state index contributed by atoms with van der Waals surface area (Å²) < 4.78 is 5.88. The van der Waals surface area contributed by atoms with Crippen LogP contribution in [0.3, 0.4) is 0 Å². The Morgan fingerprint density at radius 2 is 1.71 bits per heavy atom. The van der Waals surface area contributed by atoms with Crippen molar-refractivity contribution in [1.82, 2.24) is 5.43 Å². The van der Waals surface area contributed by atoms with Gasteiger partial charge in [0.1, 0.15) is 0 Å². The second-order valence-corrected chi connectivity index (χ2v) is 6.78. The molecule has 1 unspecified atom stereocenters. The van der Waals surface area contributed by atoms with Crippen LogP contribution in [0.4, 0.5) is 0 Å². The van der Waals surface area contributed by atoms with Gasteiger partial charge in [0.25, 0.3) is 0 Å². The minimum Gasteiger partial charge on any atom is -0.377 e. The summed E-state index contributed by atoms with van der Waals surface area (Å²) in [4.78, 5) is 0. The fourth-order valence-electron chi connectivity index (χ4n) is 2.95. The van der Waals surface area contributed by atoms with Gasteiger partial charge >= 0.3 is 0 Å². The van der Waals surface area contributed by atoms with Gasteiger partial charge in [0.2, 0.25) is 0 Å². The first kappa shape index (κ1) is 14.9. The van der Waals surface area contributed by atoms with Crippen molar-refractivity contribution in [3.8, 4) is 0 Å². The van der Waals surface area contributed by atoms with Gasteiger partial charge in [-0.1, -0.05) is 27.7 Å². The molecule has 1 atom stereocenters. The van der Waals surface area contributed by atoms with Crippen LogP contribution >= 0.6 is 0 Å². The van der Waals surface area contributed by atoms with E-state index in [0.29, 0.717) is 11.3 Å². The fourth-order valence-corrected chi connectivity index (χ4v) is 2.95. The highest BCUT2D eigenvalue weighted by atomic mass is 16.5. The molecule has 0 aliphatic heterocycles. The molecule has 0 saturated heterocycles. The number of rotatable bonds is 5. The summed E-state index contributed by atoms with van der Waals surface area (Å²) in [5, 5.41) is 0. The molecule has 0 aromatic heterocycles. The van der Waals surface area contributed by atoms with Crippen molar-refractivity contribution in [2.45, 2.75) is 71.4 Å². The summed E-state index contributed by atoms with van der Waals surface area (Å²) in [6.45, 7) is 9.17. The number of hydrazine groups is 1. The summed E-state index contributed by atoms with van der Waals surface area (Å²) in [6, 6.07) is 0.267. The molecule has 0 bridgehead atoms. The summed E-state index contributed by atoms with van der Waals surface area (Å²) in [6.07, 6.45) is 5.73. The lowest BCUT2D eigenvalue weighted by molar-refractivity contribution is -0.0900. The molecule has 1 aliphatic rings. The first-order valence-corrected chi connectivity index (χ1v) is 6.86. The SMILES string of the molecule is COC1(C(CC(C)C)NN)CCC(C)(C)CC1. The number of nitrogens with one attached hydrogen (secondary N) is 1. The van der Waals surface area contributed by atoms with E-state index in [1.54, 1.807) is 0 Å². The number of ether oxygens (including phenoxy) is 1. The molecule has 1 rings (SSSR count). The molecule has 17 heavy (non-hydrogen) atoms. The Kier molecular flexibility index (Phi) is 4.99. The minimum absolute atomic E-state index is 0.0610. The average Bonchev–Trinajstić information content (AvgIpc) is 2.27. The Morgan fingerprint density at radius 1 is 1.18 bits per heavy atom. The summed E-state index contributed by atoms with van der Waals surface area (Å²) in [5.74, 6) is 6.39. The predicted molar refractivity (Wildman–Crippen MR) is 72.6 cm³/mol. The van der Waals surface area contributed by atoms with Gasteiger partial charge in [-0.05, 0) is 43.4 Å². The van der Waals surface area contributed by atoms with Crippen LogP contribution in [0.2, 0.25) is 0 Å². The monoisotopic (exact) mass is 242 g/mol. The Labute approximate surface area is 106 Å². The zero-order chi connectivity index (χ0) is 13.1. The summed E-state index contributed by atoms with van der Waals surface area (Å²) in [7, 11) is 1.84. The molecular formula is C14H30N2O. The third kappa shape index (κ3) is 3.67. The molecule has 0 heterocycles. The highest BCUT2D eigenvalue weighted by Crippen LogP contribution is 2.44. The Bertz CT molecular complexity index is 228. The van der Waals surface area contributed by atoms with Crippen LogP contribution in [0.1, 0.15) is 59.8 Å². The predicted octanol–water partition coefficient (Wildman–Crippen LogP) is 2.85. The summed E-state index contributed by atoms with van der Waals surface area (Å²) in [5.41, 5.74) is 3.39. The lowest BCUT2D eigenvalue weighted by Crippen LogP contribution is -2.57. The molecule has 0 spiro atoms. The van der Waals surface area contributed by atoms with E-state index in [1.165, 1.54) is 12.8 Å². The van der Waals surface area contributed by atoms with Gasteiger partial charge in [0.05, 0.1) is 11.6 Å². The maximum absolute atomic E-state index is 5.88. The molecule has 0 aromatic carbocycles. The average molecular weight is 242 g/mol. The molecule has 102 valence electrons. The van der Waals surface area contributed by atoms with Crippen LogP contribution < -0.4 is 11.3 Å². The Morgan fingerprint density at radius 3 is 2.06 bits per heavy atom. The van der Waals surface area contributed by atoms with Crippen LogP contribution in [0.15, 0.2) is 0 Å². The van der Waals surface area contributed by atoms with Crippen LogP contribution in [-0.2, 0) is 4.74 Å². The third-order valence-corrected chi connectivity index (χ3v) is 4.40. The first-order valence-electron chi connectivity index (χ1n) is 6.86. The topological polar surface area (TPSA) is 47.3 Å².